The summed E-state index contributed by atoms with van der Waals surface area (Å²) in [5, 5.41) is 1.92. The number of fused-ring (bicyclic) bond motifs is 3. The topological polar surface area (TPSA) is 121 Å². The van der Waals surface area contributed by atoms with Crippen LogP contribution in [0.3, 0.4) is 0 Å². The van der Waals surface area contributed by atoms with E-state index in [1.165, 1.54) is 12.1 Å². The van der Waals surface area contributed by atoms with E-state index in [1.807, 2.05) is 119 Å². The van der Waals surface area contributed by atoms with Gasteiger partial charge in [0.25, 0.3) is 0 Å². The molecule has 12 heteroatoms. The fourth-order valence-corrected chi connectivity index (χ4v) is 7.79. The molecule has 0 aliphatic heterocycles. The van der Waals surface area contributed by atoms with E-state index in [4.69, 9.17) is 34.9 Å². The van der Waals surface area contributed by atoms with Gasteiger partial charge >= 0.3 is 0 Å². The molecule has 4 heterocycles. The molecule has 0 amide bonds. The van der Waals surface area contributed by atoms with Gasteiger partial charge in [-0.25, -0.2) is 53.6 Å². The summed E-state index contributed by atoms with van der Waals surface area (Å²) in [5.74, 6) is 3.44. The Morgan fingerprint density at radius 3 is 1.25 bits per heavy atom. The molecule has 10 rings (SSSR count). The number of aryl methyl sites for hydroxylation is 4. The third-order valence-electron chi connectivity index (χ3n) is 10.4. The van der Waals surface area contributed by atoms with Gasteiger partial charge in [-0.2, -0.15) is 0 Å². The lowest BCUT2D eigenvalue weighted by molar-refractivity contribution is 0.584. The van der Waals surface area contributed by atoms with Crippen LogP contribution in [0.1, 0.15) is 23.3 Å². The quantitative estimate of drug-likeness (QED) is 0.155. The molecule has 0 unspecified atom stereocenters. The first-order valence-corrected chi connectivity index (χ1v) is 19.6. The van der Waals surface area contributed by atoms with Gasteiger partial charge in [0.15, 0.2) is 29.1 Å². The van der Waals surface area contributed by atoms with Crippen LogP contribution in [0.5, 0.6) is 0 Å². The van der Waals surface area contributed by atoms with Crippen molar-refractivity contribution in [3.8, 4) is 73.8 Å². The fraction of sp³-hybridized carbons (Fsp3) is 0.0816. The zero-order valence-corrected chi connectivity index (χ0v) is 33.4. The first-order valence-electron chi connectivity index (χ1n) is 19.6. The minimum Gasteiger partial charge on any atom is -0.308 e. The molecule has 0 saturated heterocycles. The van der Waals surface area contributed by atoms with Crippen molar-refractivity contribution >= 4 is 21.8 Å². The number of nitrogens with zero attached hydrogens (tertiary/aromatic N) is 10. The molecule has 0 aliphatic carbocycles. The summed E-state index contributed by atoms with van der Waals surface area (Å²) < 4.78 is 31.8. The first kappa shape index (κ1) is 37.3. The second-order valence-corrected chi connectivity index (χ2v) is 14.7. The Hall–Kier alpha value is -7.99. The van der Waals surface area contributed by atoms with Gasteiger partial charge in [-0.05, 0) is 75.2 Å². The maximum atomic E-state index is 14.8. The number of hydrogen-bond donors (Lipinski definition) is 0. The number of rotatable bonds is 7. The van der Waals surface area contributed by atoms with Gasteiger partial charge in [0.2, 0.25) is 0 Å². The van der Waals surface area contributed by atoms with Gasteiger partial charge in [0.1, 0.15) is 34.9 Å². The van der Waals surface area contributed by atoms with Crippen LogP contribution in [-0.4, -0.2) is 49.4 Å². The number of benzene rings is 6. The molecule has 294 valence electrons. The predicted molar refractivity (Wildman–Crippen MR) is 232 cm³/mol. The molecule has 0 bridgehead atoms. The molecule has 0 saturated carbocycles. The molecule has 0 atom stereocenters. The minimum absolute atomic E-state index is 0.358. The monoisotopic (exact) mass is 800 g/mol. The second kappa shape index (κ2) is 15.0. The highest BCUT2D eigenvalue weighted by atomic mass is 19.1. The van der Waals surface area contributed by atoms with Gasteiger partial charge < -0.3 is 4.57 Å². The highest BCUT2D eigenvalue weighted by Gasteiger charge is 2.22. The van der Waals surface area contributed by atoms with E-state index in [0.717, 1.165) is 50.1 Å². The van der Waals surface area contributed by atoms with E-state index >= 15 is 0 Å². The summed E-state index contributed by atoms with van der Waals surface area (Å²) in [6.45, 7) is 7.39. The maximum Gasteiger partial charge on any atom is 0.166 e. The number of hydrogen-bond acceptors (Lipinski definition) is 9. The van der Waals surface area contributed by atoms with Crippen LogP contribution in [0.4, 0.5) is 8.78 Å². The standard InChI is InChI=1S/C49H34F2N10/c1-27-52-28(2)55-47(54-27)34-15-18-39-40-19-16-35(48-56-29(3)53-30(4)57-48)25-44(40)61(43(39)24-34)42-20-17-33(36-21-37(50)26-38(51)22-36)23-41(42)49-59-45(31-11-7-5-8-12-31)58-46(60-49)32-13-9-6-10-14-32/h5-26H,1-4H3. The van der Waals surface area contributed by atoms with Crippen molar-refractivity contribution in [3.05, 3.63) is 168 Å². The van der Waals surface area contributed by atoms with Crippen molar-refractivity contribution < 1.29 is 8.78 Å². The minimum atomic E-state index is -0.686. The zero-order chi connectivity index (χ0) is 41.8. The Morgan fingerprint density at radius 1 is 0.344 bits per heavy atom. The lowest BCUT2D eigenvalue weighted by Gasteiger charge is -2.17. The van der Waals surface area contributed by atoms with Crippen molar-refractivity contribution in [3.63, 3.8) is 0 Å². The van der Waals surface area contributed by atoms with Crippen LogP contribution in [0, 0.1) is 39.3 Å². The summed E-state index contributed by atoms with van der Waals surface area (Å²) in [5.41, 5.74) is 7.08. The van der Waals surface area contributed by atoms with Gasteiger partial charge in [-0.1, -0.05) is 91.0 Å². The maximum absolute atomic E-state index is 14.8. The molecule has 6 aromatic carbocycles. The van der Waals surface area contributed by atoms with Gasteiger partial charge in [-0.15, -0.1) is 0 Å². The molecule has 0 fully saturated rings. The highest BCUT2D eigenvalue weighted by molar-refractivity contribution is 6.11. The van der Waals surface area contributed by atoms with Crippen LogP contribution >= 0.6 is 0 Å². The molecular formula is C49H34F2N10. The Labute approximate surface area is 348 Å². The normalized spacial score (nSPS) is 11.4. The van der Waals surface area contributed by atoms with Gasteiger partial charge in [-0.3, -0.25) is 0 Å². The van der Waals surface area contributed by atoms with Crippen LogP contribution in [0.2, 0.25) is 0 Å². The van der Waals surface area contributed by atoms with E-state index in [9.17, 15) is 8.78 Å². The van der Waals surface area contributed by atoms with Crippen LogP contribution in [-0.2, 0) is 0 Å². The third-order valence-corrected chi connectivity index (χ3v) is 10.4. The summed E-state index contributed by atoms with van der Waals surface area (Å²) >= 11 is 0. The zero-order valence-electron chi connectivity index (χ0n) is 33.4. The molecule has 0 aliphatic rings. The Balaban J connectivity index is 1.31. The molecule has 4 aromatic heterocycles. The Bertz CT molecular complexity index is 3110. The van der Waals surface area contributed by atoms with E-state index in [1.54, 1.807) is 0 Å². The number of halogens is 2. The summed E-state index contributed by atoms with van der Waals surface area (Å²) in [4.78, 5) is 42.8. The molecule has 10 aromatic rings. The van der Waals surface area contributed by atoms with Crippen molar-refractivity contribution in [2.75, 3.05) is 0 Å². The smallest absolute Gasteiger partial charge is 0.166 e. The summed E-state index contributed by atoms with van der Waals surface area (Å²) in [6, 6.07) is 40.9. The first-order chi connectivity index (χ1) is 29.6. The number of aromatic nitrogens is 10. The highest BCUT2D eigenvalue weighted by Crippen LogP contribution is 2.40. The third kappa shape index (κ3) is 7.14. The largest absolute Gasteiger partial charge is 0.308 e. The average Bonchev–Trinajstić information content (AvgIpc) is 3.58. The molecule has 10 nitrogen and oxygen atoms in total. The van der Waals surface area contributed by atoms with Crippen molar-refractivity contribution in [2.24, 2.45) is 0 Å². The van der Waals surface area contributed by atoms with Gasteiger partial charge in [0, 0.05) is 44.7 Å². The molecule has 0 N–H and O–H groups in total. The summed E-state index contributed by atoms with van der Waals surface area (Å²) in [7, 11) is 0. The van der Waals surface area contributed by atoms with Crippen molar-refractivity contribution in [2.45, 2.75) is 27.7 Å². The Morgan fingerprint density at radius 2 is 0.770 bits per heavy atom. The van der Waals surface area contributed by atoms with Crippen LogP contribution in [0.25, 0.3) is 95.6 Å². The lowest BCUT2D eigenvalue weighted by Crippen LogP contribution is -2.04. The molecular weight excluding hydrogens is 767 g/mol. The molecule has 0 radical (unpaired) electrons. The van der Waals surface area contributed by atoms with E-state index in [-0.39, 0.29) is 0 Å². The van der Waals surface area contributed by atoms with Crippen LogP contribution < -0.4 is 0 Å². The SMILES string of the molecule is Cc1nc(C)nc(-c2ccc3c4ccc(-c5nc(C)nc(C)n5)cc4n(-c4ccc(-c5cc(F)cc(F)c5)cc4-c4nc(-c5ccccc5)nc(-c5ccccc5)n4)c3c2)n1. The van der Waals surface area contributed by atoms with Crippen molar-refractivity contribution in [1.29, 1.82) is 0 Å². The molecule has 61 heavy (non-hydrogen) atoms. The van der Waals surface area contributed by atoms with Gasteiger partial charge in [0.05, 0.1) is 16.7 Å². The van der Waals surface area contributed by atoms with Crippen LogP contribution in [0.15, 0.2) is 133 Å². The van der Waals surface area contributed by atoms with E-state index in [0.29, 0.717) is 74.8 Å². The Kier molecular flexibility index (Phi) is 9.17. The predicted octanol–water partition coefficient (Wildman–Crippen LogP) is 10.9. The van der Waals surface area contributed by atoms with E-state index < -0.39 is 11.6 Å². The fourth-order valence-electron chi connectivity index (χ4n) is 7.79. The van der Waals surface area contributed by atoms with E-state index in [2.05, 4.69) is 38.8 Å². The molecule has 0 spiro atoms. The summed E-state index contributed by atoms with van der Waals surface area (Å²) in [6.07, 6.45) is 0. The second-order valence-electron chi connectivity index (χ2n) is 14.7. The lowest BCUT2D eigenvalue weighted by atomic mass is 10.0. The average molecular weight is 801 g/mol. The van der Waals surface area contributed by atoms with Crippen molar-refractivity contribution in [1.82, 2.24) is 49.4 Å².